The summed E-state index contributed by atoms with van der Waals surface area (Å²) in [6, 6.07) is 9.07. The number of benzene rings is 1. The van der Waals surface area contributed by atoms with E-state index in [4.69, 9.17) is 20.4 Å². The molecular formula is C22H23F3N4O4. The fraction of sp³-hybridized carbons (Fsp3) is 0.318. The number of nitrogens with two attached hydrogens (primary N) is 1. The Bertz CT molecular complexity index is 1050. The SMILES string of the molecule is C=CCOc1cccc(O)c1-c1cc(C2CCCNC2)c(C#N)c(N)n1.O=C(O)C(F)(F)F. The zero-order chi connectivity index (χ0) is 24.6. The van der Waals surface area contributed by atoms with Crippen molar-refractivity contribution < 1.29 is 32.9 Å². The van der Waals surface area contributed by atoms with Crippen molar-refractivity contribution in [2.24, 2.45) is 0 Å². The van der Waals surface area contributed by atoms with Gasteiger partial charge >= 0.3 is 12.1 Å². The number of hydrogen-bond donors (Lipinski definition) is 4. The maximum absolute atomic E-state index is 10.6. The number of carbonyl (C=O) groups is 1. The topological polar surface area (TPSA) is 141 Å². The lowest BCUT2D eigenvalue weighted by Gasteiger charge is -2.25. The number of nitrogens with one attached hydrogen (secondary N) is 1. The number of piperidine rings is 1. The highest BCUT2D eigenvalue weighted by atomic mass is 19.4. The number of aromatic nitrogens is 1. The molecule has 2 aromatic rings. The second kappa shape index (κ2) is 11.2. The molecule has 3 rings (SSSR count). The number of phenolic OH excluding ortho intramolecular Hbond substituents is 1. The molecule has 33 heavy (non-hydrogen) atoms. The lowest BCUT2D eigenvalue weighted by Crippen LogP contribution is -2.29. The van der Waals surface area contributed by atoms with Crippen molar-refractivity contribution in [3.05, 3.63) is 48.0 Å². The Kier molecular flexibility index (Phi) is 8.64. The van der Waals surface area contributed by atoms with Crippen molar-refractivity contribution in [1.29, 1.82) is 5.26 Å². The zero-order valence-corrected chi connectivity index (χ0v) is 17.5. The fourth-order valence-electron chi connectivity index (χ4n) is 3.32. The van der Waals surface area contributed by atoms with Gasteiger partial charge in [0.15, 0.2) is 0 Å². The number of ether oxygens (including phenoxy) is 1. The van der Waals surface area contributed by atoms with Crippen molar-refractivity contribution in [3.63, 3.8) is 0 Å². The number of hydrogen-bond acceptors (Lipinski definition) is 7. The van der Waals surface area contributed by atoms with Gasteiger partial charge in [0.05, 0.1) is 16.8 Å². The number of nitriles is 1. The standard InChI is InChI=1S/C20H22N4O2.C2HF3O2/c1-2-9-26-18-7-3-6-17(25)19(18)16-10-14(13-5-4-8-23-12-13)15(11-21)20(22)24-16;3-2(4,5)1(6)7/h2-3,6-7,10,13,23,25H,1,4-5,8-9,12H2,(H2,22,24);(H,6,7). The molecule has 1 saturated heterocycles. The minimum Gasteiger partial charge on any atom is -0.507 e. The van der Waals surface area contributed by atoms with E-state index in [2.05, 4.69) is 22.9 Å². The summed E-state index contributed by atoms with van der Waals surface area (Å²) in [5, 5.41) is 30.4. The number of carboxylic acid groups (broad SMARTS) is 1. The minimum atomic E-state index is -5.08. The molecule has 176 valence electrons. The predicted molar refractivity (Wildman–Crippen MR) is 115 cm³/mol. The maximum Gasteiger partial charge on any atom is 0.490 e. The van der Waals surface area contributed by atoms with Crippen molar-refractivity contribution in [3.8, 4) is 28.8 Å². The Balaban J connectivity index is 0.000000479. The smallest absolute Gasteiger partial charge is 0.490 e. The Morgan fingerprint density at radius 3 is 2.70 bits per heavy atom. The normalized spacial score (nSPS) is 15.5. The van der Waals surface area contributed by atoms with Crippen LogP contribution in [0.3, 0.4) is 0 Å². The van der Waals surface area contributed by atoms with Gasteiger partial charge in [-0.3, -0.25) is 0 Å². The Labute approximate surface area is 188 Å². The molecule has 1 aromatic heterocycles. The number of rotatable bonds is 5. The molecule has 1 atom stereocenters. The molecule has 8 nitrogen and oxygen atoms in total. The first kappa shape index (κ1) is 25.5. The highest BCUT2D eigenvalue weighted by molar-refractivity contribution is 5.76. The quantitative estimate of drug-likeness (QED) is 0.492. The average molecular weight is 464 g/mol. The summed E-state index contributed by atoms with van der Waals surface area (Å²) in [4.78, 5) is 13.3. The third kappa shape index (κ3) is 6.60. The zero-order valence-electron chi connectivity index (χ0n) is 17.5. The van der Waals surface area contributed by atoms with E-state index in [1.807, 2.05) is 6.07 Å². The summed E-state index contributed by atoms with van der Waals surface area (Å²) < 4.78 is 37.4. The van der Waals surface area contributed by atoms with Crippen molar-refractivity contribution >= 4 is 11.8 Å². The fourth-order valence-corrected chi connectivity index (χ4v) is 3.32. The van der Waals surface area contributed by atoms with E-state index in [-0.39, 0.29) is 17.5 Å². The van der Waals surface area contributed by atoms with Crippen molar-refractivity contribution in [1.82, 2.24) is 10.3 Å². The number of anilines is 1. The van der Waals surface area contributed by atoms with E-state index < -0.39 is 12.1 Å². The summed E-state index contributed by atoms with van der Waals surface area (Å²) in [6.45, 7) is 5.72. The molecule has 1 aliphatic rings. The number of phenols is 1. The molecule has 0 saturated carbocycles. The number of halogens is 3. The molecule has 1 fully saturated rings. The van der Waals surface area contributed by atoms with E-state index >= 15 is 0 Å². The second-order valence-electron chi connectivity index (χ2n) is 7.06. The van der Waals surface area contributed by atoms with Crippen LogP contribution in [0.25, 0.3) is 11.3 Å². The number of nitrogens with zero attached hydrogens (tertiary/aromatic N) is 2. The highest BCUT2D eigenvalue weighted by Gasteiger charge is 2.38. The third-order valence-corrected chi connectivity index (χ3v) is 4.79. The summed E-state index contributed by atoms with van der Waals surface area (Å²) in [7, 11) is 0. The van der Waals surface area contributed by atoms with Gasteiger partial charge in [0.1, 0.15) is 30.0 Å². The average Bonchev–Trinajstić information content (AvgIpc) is 2.77. The van der Waals surface area contributed by atoms with Crippen LogP contribution in [0.5, 0.6) is 11.5 Å². The summed E-state index contributed by atoms with van der Waals surface area (Å²) >= 11 is 0. The van der Waals surface area contributed by atoms with Crippen LogP contribution < -0.4 is 15.8 Å². The van der Waals surface area contributed by atoms with Gasteiger partial charge in [-0.15, -0.1) is 0 Å². The molecule has 0 spiro atoms. The first-order chi connectivity index (χ1) is 15.6. The molecule has 5 N–H and O–H groups in total. The third-order valence-electron chi connectivity index (χ3n) is 4.79. The van der Waals surface area contributed by atoms with Gasteiger partial charge in [-0.05, 0) is 49.1 Å². The highest BCUT2D eigenvalue weighted by Crippen LogP contribution is 2.40. The van der Waals surface area contributed by atoms with Gasteiger partial charge in [0, 0.05) is 6.54 Å². The molecule has 0 radical (unpaired) electrons. The number of aliphatic carboxylic acids is 1. The van der Waals surface area contributed by atoms with Crippen LogP contribution in [0.1, 0.15) is 29.9 Å². The summed E-state index contributed by atoms with van der Waals surface area (Å²) in [5.74, 6) is -1.85. The van der Waals surface area contributed by atoms with Crippen molar-refractivity contribution in [2.75, 3.05) is 25.4 Å². The number of pyridine rings is 1. The molecule has 1 unspecified atom stereocenters. The van der Waals surface area contributed by atoms with Crippen molar-refractivity contribution in [2.45, 2.75) is 24.9 Å². The molecule has 1 aliphatic heterocycles. The Morgan fingerprint density at radius 1 is 1.45 bits per heavy atom. The van der Waals surface area contributed by atoms with Gasteiger partial charge in [-0.25, -0.2) is 9.78 Å². The predicted octanol–water partition coefficient (Wildman–Crippen LogP) is 3.57. The van der Waals surface area contributed by atoms with Crippen LogP contribution in [0, 0.1) is 11.3 Å². The number of carboxylic acids is 1. The van der Waals surface area contributed by atoms with E-state index in [1.165, 1.54) is 0 Å². The summed E-state index contributed by atoms with van der Waals surface area (Å²) in [6.07, 6.45) is -1.43. The monoisotopic (exact) mass is 464 g/mol. The van der Waals surface area contributed by atoms with E-state index in [1.54, 1.807) is 24.3 Å². The number of nitrogen functional groups attached to an aromatic ring is 1. The van der Waals surface area contributed by atoms with E-state index in [9.17, 15) is 23.5 Å². The van der Waals surface area contributed by atoms with Gasteiger partial charge in [0.2, 0.25) is 0 Å². The molecule has 0 aliphatic carbocycles. The lowest BCUT2D eigenvalue weighted by atomic mass is 9.88. The first-order valence-corrected chi connectivity index (χ1v) is 9.87. The van der Waals surface area contributed by atoms with Crippen LogP contribution in [0.4, 0.5) is 19.0 Å². The van der Waals surface area contributed by atoms with Crippen LogP contribution in [0.15, 0.2) is 36.9 Å². The largest absolute Gasteiger partial charge is 0.507 e. The van der Waals surface area contributed by atoms with Crippen LogP contribution >= 0.6 is 0 Å². The van der Waals surface area contributed by atoms with Gasteiger partial charge < -0.3 is 26.0 Å². The molecule has 11 heteroatoms. The van der Waals surface area contributed by atoms with Gasteiger partial charge in [-0.1, -0.05) is 18.7 Å². The molecule has 0 bridgehead atoms. The molecule has 1 aromatic carbocycles. The Morgan fingerprint density at radius 2 is 2.15 bits per heavy atom. The molecule has 2 heterocycles. The number of alkyl halides is 3. The number of aromatic hydroxyl groups is 1. The second-order valence-corrected chi connectivity index (χ2v) is 7.06. The van der Waals surface area contributed by atoms with Gasteiger partial charge in [-0.2, -0.15) is 18.4 Å². The van der Waals surface area contributed by atoms with E-state index in [0.29, 0.717) is 29.2 Å². The van der Waals surface area contributed by atoms with Gasteiger partial charge in [0.25, 0.3) is 0 Å². The molecule has 0 amide bonds. The van der Waals surface area contributed by atoms with Crippen LogP contribution in [-0.4, -0.2) is 47.0 Å². The van der Waals surface area contributed by atoms with E-state index in [0.717, 1.165) is 31.5 Å². The van der Waals surface area contributed by atoms with Crippen LogP contribution in [-0.2, 0) is 4.79 Å². The minimum absolute atomic E-state index is 0.0517. The summed E-state index contributed by atoms with van der Waals surface area (Å²) in [5.41, 5.74) is 8.32. The molecular weight excluding hydrogens is 441 g/mol. The maximum atomic E-state index is 10.6. The Hall–Kier alpha value is -3.78. The van der Waals surface area contributed by atoms with Crippen LogP contribution in [0.2, 0.25) is 0 Å². The lowest BCUT2D eigenvalue weighted by molar-refractivity contribution is -0.192. The first-order valence-electron chi connectivity index (χ1n) is 9.87.